The minimum Gasteiger partial charge on any atom is -0.484 e. The van der Waals surface area contributed by atoms with E-state index in [4.69, 9.17) is 32.5 Å². The first-order chi connectivity index (χ1) is 26.5. The van der Waals surface area contributed by atoms with Crippen molar-refractivity contribution in [3.63, 3.8) is 0 Å². The topological polar surface area (TPSA) is 218 Å². The summed E-state index contributed by atoms with van der Waals surface area (Å²) >= 11 is 6.06. The average Bonchev–Trinajstić information content (AvgIpc) is 3.15. The molecule has 0 saturated carbocycles. The van der Waals surface area contributed by atoms with Crippen molar-refractivity contribution in [2.45, 2.75) is 82.8 Å². The fourth-order valence-electron chi connectivity index (χ4n) is 6.66. The number of nitrogen functional groups attached to an aromatic ring is 2. The maximum absolute atomic E-state index is 13.3. The summed E-state index contributed by atoms with van der Waals surface area (Å²) in [6.45, 7) is 9.77. The predicted molar refractivity (Wildman–Crippen MR) is 216 cm³/mol. The van der Waals surface area contributed by atoms with E-state index in [1.165, 1.54) is 0 Å². The van der Waals surface area contributed by atoms with Gasteiger partial charge < -0.3 is 41.4 Å². The van der Waals surface area contributed by atoms with Crippen LogP contribution in [-0.4, -0.2) is 88.2 Å². The standard InChI is InChI=1S/C38H51ClN8O7P2/c1-37(2,55-51)45-30(48)23-53-28-15-11-25(12-16-28)8-5-19-47(21-7-10-27(22-47)42-36(50)32-34(40)44-35(41)33(39)43-32)20-6-9-26-13-17-29(18-14-26)54-24-31(49)46-38(3,4)56-52/h11-18,27H,5-10,19-24H2,1-4H3,(H6-,40,41,42,44,45,46,48,49,50)/p+1/t27-/m0/s1. The van der Waals surface area contributed by atoms with Crippen LogP contribution < -0.4 is 36.9 Å². The summed E-state index contributed by atoms with van der Waals surface area (Å²) in [6, 6.07) is 15.2. The lowest BCUT2D eigenvalue weighted by atomic mass is 9.99. The van der Waals surface area contributed by atoms with E-state index in [1.807, 2.05) is 48.5 Å². The van der Waals surface area contributed by atoms with Crippen molar-refractivity contribution in [3.05, 3.63) is 70.5 Å². The second kappa shape index (κ2) is 20.1. The van der Waals surface area contributed by atoms with E-state index >= 15 is 0 Å². The second-order valence-electron chi connectivity index (χ2n) is 15.1. The molecule has 0 radical (unpaired) electrons. The van der Waals surface area contributed by atoms with Crippen molar-refractivity contribution >= 4 is 57.9 Å². The number of benzene rings is 2. The van der Waals surface area contributed by atoms with Crippen LogP contribution in [0.1, 0.15) is 75.0 Å². The maximum Gasteiger partial charge on any atom is 0.274 e. The molecule has 56 heavy (non-hydrogen) atoms. The van der Waals surface area contributed by atoms with Crippen LogP contribution in [0.4, 0.5) is 11.6 Å². The lowest BCUT2D eigenvalue weighted by Gasteiger charge is -2.45. The average molecular weight is 830 g/mol. The number of hydrogen-bond donors (Lipinski definition) is 5. The summed E-state index contributed by atoms with van der Waals surface area (Å²) < 4.78 is 34.5. The first-order valence-electron chi connectivity index (χ1n) is 18.5. The molecule has 0 bridgehead atoms. The molecule has 0 aliphatic carbocycles. The van der Waals surface area contributed by atoms with Crippen LogP contribution in [0.2, 0.25) is 5.15 Å². The van der Waals surface area contributed by atoms with Gasteiger partial charge in [0.15, 0.2) is 52.6 Å². The zero-order valence-corrected chi connectivity index (χ0v) is 34.9. The van der Waals surface area contributed by atoms with Crippen LogP contribution >= 0.6 is 28.5 Å². The van der Waals surface area contributed by atoms with E-state index in [0.29, 0.717) is 11.5 Å². The Labute approximate surface area is 336 Å². The van der Waals surface area contributed by atoms with E-state index < -0.39 is 16.5 Å². The third-order valence-corrected chi connectivity index (χ3v) is 10.8. The quantitative estimate of drug-likeness (QED) is 0.0726. The molecule has 7 N–H and O–H groups in total. The molecule has 0 unspecified atom stereocenters. The zero-order chi connectivity index (χ0) is 40.9. The first kappa shape index (κ1) is 44.3. The number of amides is 3. The molecule has 18 heteroatoms. The normalized spacial score (nSPS) is 17.3. The van der Waals surface area contributed by atoms with Crippen LogP contribution in [0.5, 0.6) is 11.5 Å². The van der Waals surface area contributed by atoms with E-state index in [9.17, 15) is 23.5 Å². The number of quaternary nitrogens is 1. The van der Waals surface area contributed by atoms with Crippen molar-refractivity contribution in [1.82, 2.24) is 25.9 Å². The number of rotatable bonds is 20. The maximum atomic E-state index is 13.3. The predicted octanol–water partition coefficient (Wildman–Crippen LogP) is 5.31. The fraction of sp³-hybridized carbons (Fsp3) is 0.500. The van der Waals surface area contributed by atoms with Gasteiger partial charge in [-0.2, -0.15) is 0 Å². The Balaban J connectivity index is 1.37. The van der Waals surface area contributed by atoms with Crippen molar-refractivity contribution in [3.8, 4) is 11.5 Å². The molecule has 15 nitrogen and oxygen atoms in total. The van der Waals surface area contributed by atoms with Gasteiger partial charge in [-0.3, -0.25) is 23.5 Å². The SMILES string of the molecule is CC(C)(NC(=O)COc1ccc(CCC[N+]2(CCCc3ccc(OCC(=O)NC(C)(C)P=O)cc3)CCC[C@H](NC(=O)c3nc(Cl)c(N)nc3N)C2)cc1)P=O. The van der Waals surface area contributed by atoms with Crippen LogP contribution in [0.15, 0.2) is 48.5 Å². The lowest BCUT2D eigenvalue weighted by Crippen LogP contribution is -2.60. The molecule has 1 aliphatic heterocycles. The van der Waals surface area contributed by atoms with Crippen molar-refractivity contribution in [1.29, 1.82) is 0 Å². The second-order valence-corrected chi connectivity index (χ2v) is 18.1. The third-order valence-electron chi connectivity index (χ3n) is 9.38. The van der Waals surface area contributed by atoms with Crippen LogP contribution in [0.25, 0.3) is 0 Å². The number of carbonyl (C=O) groups is 3. The van der Waals surface area contributed by atoms with Gasteiger partial charge in [-0.15, -0.1) is 0 Å². The van der Waals surface area contributed by atoms with E-state index in [1.54, 1.807) is 27.7 Å². The number of nitrogens with one attached hydrogen (secondary N) is 3. The monoisotopic (exact) mass is 829 g/mol. The summed E-state index contributed by atoms with van der Waals surface area (Å²) in [5.41, 5.74) is 13.9. The van der Waals surface area contributed by atoms with Crippen LogP contribution in [0, 0.1) is 0 Å². The molecular weight excluding hydrogens is 778 g/mol. The van der Waals surface area contributed by atoms with E-state index in [2.05, 4.69) is 25.9 Å². The van der Waals surface area contributed by atoms with Gasteiger partial charge in [0.1, 0.15) is 22.1 Å². The number of hydrogen-bond acceptors (Lipinski definition) is 11. The minimum absolute atomic E-state index is 0.0367. The number of carbonyl (C=O) groups excluding carboxylic acids is 3. The zero-order valence-electron chi connectivity index (χ0n) is 32.3. The first-order valence-corrected chi connectivity index (χ1v) is 20.5. The molecule has 3 aromatic rings. The Bertz CT molecular complexity index is 1760. The Hall–Kier alpha value is -4.42. The molecule has 302 valence electrons. The van der Waals surface area contributed by atoms with Gasteiger partial charge in [0.05, 0.1) is 32.2 Å². The van der Waals surface area contributed by atoms with E-state index in [-0.39, 0.29) is 70.5 Å². The summed E-state index contributed by atoms with van der Waals surface area (Å²) in [5.74, 6) is -0.133. The van der Waals surface area contributed by atoms with Crippen molar-refractivity contribution in [2.75, 3.05) is 50.9 Å². The molecule has 2 heterocycles. The summed E-state index contributed by atoms with van der Waals surface area (Å²) in [5, 5.41) is 6.64. The van der Waals surface area contributed by atoms with Gasteiger partial charge in [0.25, 0.3) is 17.7 Å². The molecule has 1 aliphatic rings. The van der Waals surface area contributed by atoms with Gasteiger partial charge in [0.2, 0.25) is 0 Å². The van der Waals surface area contributed by atoms with Crippen molar-refractivity contribution < 1.29 is 37.5 Å². The Morgan fingerprint density at radius 1 is 0.804 bits per heavy atom. The van der Waals surface area contributed by atoms with Gasteiger partial charge in [-0.25, -0.2) is 9.97 Å². The smallest absolute Gasteiger partial charge is 0.274 e. The number of anilines is 2. The highest BCUT2D eigenvalue weighted by Gasteiger charge is 2.36. The number of halogens is 1. The lowest BCUT2D eigenvalue weighted by molar-refractivity contribution is -0.933. The Morgan fingerprint density at radius 3 is 1.75 bits per heavy atom. The molecule has 1 aromatic heterocycles. The number of aromatic nitrogens is 2. The number of nitrogens with zero attached hydrogens (tertiary/aromatic N) is 3. The molecule has 4 rings (SSSR count). The van der Waals surface area contributed by atoms with Gasteiger partial charge in [-0.05, 0) is 88.8 Å². The molecule has 0 spiro atoms. The minimum atomic E-state index is -0.862. The number of ether oxygens (including phenoxy) is 2. The summed E-state index contributed by atoms with van der Waals surface area (Å²) in [6.07, 6.45) is 5.21. The van der Waals surface area contributed by atoms with Gasteiger partial charge in [0, 0.05) is 12.8 Å². The third kappa shape index (κ3) is 14.0. The summed E-state index contributed by atoms with van der Waals surface area (Å²) in [7, 11) is -0.361. The largest absolute Gasteiger partial charge is 0.484 e. The van der Waals surface area contributed by atoms with Gasteiger partial charge in [-0.1, -0.05) is 35.9 Å². The van der Waals surface area contributed by atoms with Crippen molar-refractivity contribution in [2.24, 2.45) is 0 Å². The Kier molecular flexibility index (Phi) is 15.9. The number of aryl methyl sites for hydroxylation is 2. The fourth-order valence-corrected chi connectivity index (χ4v) is 7.13. The molecule has 1 fully saturated rings. The van der Waals surface area contributed by atoms with Gasteiger partial charge >= 0.3 is 0 Å². The highest BCUT2D eigenvalue weighted by atomic mass is 35.5. The Morgan fingerprint density at radius 2 is 1.29 bits per heavy atom. The van der Waals surface area contributed by atoms with Crippen LogP contribution in [-0.2, 0) is 31.6 Å². The molecule has 3 amide bonds. The number of piperidine rings is 1. The van der Waals surface area contributed by atoms with E-state index in [0.717, 1.165) is 80.3 Å². The molecule has 2 aromatic carbocycles. The number of likely N-dealkylation sites (tertiary alicyclic amines) is 1. The molecular formula is C38H52ClN8O7P2+. The highest BCUT2D eigenvalue weighted by Crippen LogP contribution is 2.25. The molecule has 1 atom stereocenters. The summed E-state index contributed by atoms with van der Waals surface area (Å²) in [4.78, 5) is 45.7. The number of nitrogens with two attached hydrogens (primary N) is 2. The molecule has 1 saturated heterocycles. The highest BCUT2D eigenvalue weighted by molar-refractivity contribution is 7.26. The van der Waals surface area contributed by atoms with Crippen LogP contribution in [0.3, 0.4) is 0 Å².